The van der Waals surface area contributed by atoms with E-state index in [0.29, 0.717) is 24.1 Å². The molecule has 1 aliphatic rings. The van der Waals surface area contributed by atoms with Crippen LogP contribution in [0.4, 0.5) is 0 Å². The standard InChI is InChI=1S/C26H28N2O6S2/c29-15-21(14-23(30)31)28-26(34)24(32)19-5-1-4-17(12-19)16-35-10-3-9-27-25(33)20-8-7-18-6-2-11-36-22(18)13-20/h1-2,4-5,7-8,11-13,15,21,26,28,34H,3,6,9-10,14,16H2,(H,27,33)(H,30,31)/t21-,26?/m0/s1. The summed E-state index contributed by atoms with van der Waals surface area (Å²) in [6.07, 6.45) is 1.92. The van der Waals surface area contributed by atoms with E-state index in [1.807, 2.05) is 29.7 Å². The molecule has 190 valence electrons. The molecule has 0 aliphatic carbocycles. The fraction of sp³-hybridized carbons (Fsp3) is 0.308. The van der Waals surface area contributed by atoms with Crippen LogP contribution in [0.5, 0.6) is 0 Å². The number of rotatable bonds is 14. The Bertz CT molecular complexity index is 1140. The molecule has 0 spiro atoms. The predicted octanol–water partition coefficient (Wildman–Crippen LogP) is 3.03. The smallest absolute Gasteiger partial charge is 0.305 e. The number of aldehydes is 1. The first-order chi connectivity index (χ1) is 17.4. The number of carboxylic acid groups (broad SMARTS) is 1. The monoisotopic (exact) mass is 528 g/mol. The van der Waals surface area contributed by atoms with E-state index in [4.69, 9.17) is 5.11 Å². The number of carboxylic acids is 1. The second-order valence-corrected chi connectivity index (χ2v) is 10.2. The van der Waals surface area contributed by atoms with Gasteiger partial charge in [0.15, 0.2) is 6.23 Å². The number of amides is 1. The van der Waals surface area contributed by atoms with Crippen molar-refractivity contribution >= 4 is 47.5 Å². The molecule has 0 saturated carbocycles. The van der Waals surface area contributed by atoms with Crippen molar-refractivity contribution in [1.29, 1.82) is 0 Å². The third-order valence-corrected chi connectivity index (χ3v) is 7.45. The molecule has 10 heteroatoms. The molecule has 0 aromatic heterocycles. The van der Waals surface area contributed by atoms with Crippen molar-refractivity contribution in [3.63, 3.8) is 0 Å². The zero-order valence-electron chi connectivity index (χ0n) is 19.5. The SMILES string of the molecule is O=C[C@H](CC(=O)O)NC(O)C(=O)c1cccc(CSCCCNC(=O)c2ccc3c(c2)SC=CC3)c1. The molecule has 3 rings (SSSR count). The highest BCUT2D eigenvalue weighted by Gasteiger charge is 2.22. The first-order valence-corrected chi connectivity index (χ1v) is 13.5. The summed E-state index contributed by atoms with van der Waals surface area (Å²) in [4.78, 5) is 47.8. The minimum Gasteiger partial charge on any atom is -0.481 e. The number of fused-ring (bicyclic) bond motifs is 1. The Balaban J connectivity index is 1.39. The molecule has 1 unspecified atom stereocenters. The molecule has 1 amide bonds. The lowest BCUT2D eigenvalue weighted by Gasteiger charge is -2.16. The van der Waals surface area contributed by atoms with E-state index in [0.717, 1.165) is 29.1 Å². The molecule has 8 nitrogen and oxygen atoms in total. The minimum absolute atomic E-state index is 0.0866. The van der Waals surface area contributed by atoms with Crippen LogP contribution < -0.4 is 10.6 Å². The molecule has 0 bridgehead atoms. The number of hydrogen-bond acceptors (Lipinski definition) is 8. The van der Waals surface area contributed by atoms with Crippen molar-refractivity contribution < 1.29 is 29.4 Å². The van der Waals surface area contributed by atoms with Gasteiger partial charge >= 0.3 is 5.97 Å². The third kappa shape index (κ3) is 8.34. The number of nitrogens with one attached hydrogen (secondary N) is 2. The maximum atomic E-state index is 12.5. The van der Waals surface area contributed by atoms with Gasteiger partial charge in [-0.15, -0.1) is 0 Å². The highest BCUT2D eigenvalue weighted by molar-refractivity contribution is 8.02. The lowest BCUT2D eigenvalue weighted by molar-refractivity contribution is -0.138. The summed E-state index contributed by atoms with van der Waals surface area (Å²) in [6.45, 7) is 0.556. The zero-order valence-corrected chi connectivity index (χ0v) is 21.1. The van der Waals surface area contributed by atoms with E-state index in [2.05, 4.69) is 16.7 Å². The van der Waals surface area contributed by atoms with Crippen molar-refractivity contribution in [2.45, 2.75) is 42.2 Å². The molecule has 0 radical (unpaired) electrons. The van der Waals surface area contributed by atoms with E-state index in [9.17, 15) is 24.3 Å². The van der Waals surface area contributed by atoms with Gasteiger partial charge in [-0.1, -0.05) is 42.1 Å². The topological polar surface area (TPSA) is 133 Å². The molecule has 0 fully saturated rings. The molecule has 2 atom stereocenters. The highest BCUT2D eigenvalue weighted by atomic mass is 32.2. The Morgan fingerprint density at radius 2 is 1.97 bits per heavy atom. The number of benzene rings is 2. The van der Waals surface area contributed by atoms with Crippen LogP contribution in [0.25, 0.3) is 0 Å². The van der Waals surface area contributed by atoms with Crippen LogP contribution in [-0.4, -0.2) is 58.7 Å². The number of thioether (sulfide) groups is 2. The number of ketones is 1. The van der Waals surface area contributed by atoms with Gasteiger partial charge in [-0.2, -0.15) is 11.8 Å². The summed E-state index contributed by atoms with van der Waals surface area (Å²) in [5.74, 6) is -0.489. The summed E-state index contributed by atoms with van der Waals surface area (Å²) in [6, 6.07) is 11.4. The lowest BCUT2D eigenvalue weighted by Crippen LogP contribution is -2.45. The van der Waals surface area contributed by atoms with Crippen LogP contribution in [0.1, 0.15) is 44.7 Å². The van der Waals surface area contributed by atoms with Crippen molar-refractivity contribution in [2.24, 2.45) is 0 Å². The van der Waals surface area contributed by atoms with Crippen molar-refractivity contribution in [2.75, 3.05) is 12.3 Å². The minimum atomic E-state index is -1.68. The first-order valence-electron chi connectivity index (χ1n) is 11.4. The second kappa shape index (κ2) is 14.0. The van der Waals surface area contributed by atoms with Crippen LogP contribution in [-0.2, 0) is 21.8 Å². The molecule has 0 saturated heterocycles. The number of hydrogen-bond donors (Lipinski definition) is 4. The molecule has 2 aromatic carbocycles. The van der Waals surface area contributed by atoms with Gasteiger partial charge < -0.3 is 20.3 Å². The normalized spacial score (nSPS) is 13.9. The molecular weight excluding hydrogens is 500 g/mol. The molecule has 2 aromatic rings. The molecular formula is C26H28N2O6S2. The van der Waals surface area contributed by atoms with E-state index < -0.39 is 30.4 Å². The number of carbonyl (C=O) groups excluding carboxylic acids is 3. The number of carbonyl (C=O) groups is 4. The zero-order chi connectivity index (χ0) is 25.9. The fourth-order valence-corrected chi connectivity index (χ4v) is 5.27. The number of Topliss-reactive ketones (excluding diaryl/α,β-unsaturated/α-hetero) is 1. The van der Waals surface area contributed by atoms with Gasteiger partial charge in [0.05, 0.1) is 12.5 Å². The summed E-state index contributed by atoms with van der Waals surface area (Å²) in [7, 11) is 0. The Hall–Kier alpha value is -2.92. The summed E-state index contributed by atoms with van der Waals surface area (Å²) < 4.78 is 0. The van der Waals surface area contributed by atoms with E-state index in [1.54, 1.807) is 41.7 Å². The summed E-state index contributed by atoms with van der Waals surface area (Å²) in [5.41, 5.74) is 3.04. The van der Waals surface area contributed by atoms with E-state index in [1.165, 1.54) is 5.56 Å². The van der Waals surface area contributed by atoms with Crippen LogP contribution in [0.3, 0.4) is 0 Å². The highest BCUT2D eigenvalue weighted by Crippen LogP contribution is 2.29. The summed E-state index contributed by atoms with van der Waals surface area (Å²) in [5, 5.41) is 26.2. The fourth-order valence-electron chi connectivity index (χ4n) is 3.52. The quantitative estimate of drug-likeness (QED) is 0.126. The van der Waals surface area contributed by atoms with Crippen LogP contribution >= 0.6 is 23.5 Å². The van der Waals surface area contributed by atoms with Crippen molar-refractivity contribution in [3.05, 3.63) is 76.2 Å². The molecule has 36 heavy (non-hydrogen) atoms. The largest absolute Gasteiger partial charge is 0.481 e. The van der Waals surface area contributed by atoms with Crippen LogP contribution in [0.15, 0.2) is 58.8 Å². The summed E-state index contributed by atoms with van der Waals surface area (Å²) >= 11 is 3.28. The Kier molecular flexibility index (Phi) is 10.7. The molecule has 4 N–H and O–H groups in total. The van der Waals surface area contributed by atoms with E-state index in [-0.39, 0.29) is 11.5 Å². The molecule has 1 heterocycles. The Labute approximate surface area is 217 Å². The maximum absolute atomic E-state index is 12.5. The number of aliphatic carboxylic acids is 1. The number of allylic oxidation sites excluding steroid dienone is 1. The van der Waals surface area contributed by atoms with Gasteiger partial charge in [0, 0.05) is 28.3 Å². The van der Waals surface area contributed by atoms with Crippen molar-refractivity contribution in [3.8, 4) is 0 Å². The average Bonchev–Trinajstić information content (AvgIpc) is 2.89. The number of aliphatic hydroxyl groups is 1. The molecule has 1 aliphatic heterocycles. The van der Waals surface area contributed by atoms with Gasteiger partial charge in [-0.25, -0.2) is 0 Å². The van der Waals surface area contributed by atoms with Crippen LogP contribution in [0, 0.1) is 0 Å². The maximum Gasteiger partial charge on any atom is 0.305 e. The lowest BCUT2D eigenvalue weighted by atomic mass is 10.1. The van der Waals surface area contributed by atoms with Gasteiger partial charge in [0.25, 0.3) is 5.91 Å². The Morgan fingerprint density at radius 3 is 2.75 bits per heavy atom. The van der Waals surface area contributed by atoms with Gasteiger partial charge in [-0.05, 0) is 53.3 Å². The van der Waals surface area contributed by atoms with Gasteiger partial charge in [-0.3, -0.25) is 19.7 Å². The third-order valence-electron chi connectivity index (χ3n) is 5.37. The van der Waals surface area contributed by atoms with Crippen LogP contribution in [0.2, 0.25) is 0 Å². The van der Waals surface area contributed by atoms with Crippen molar-refractivity contribution in [1.82, 2.24) is 10.6 Å². The predicted molar refractivity (Wildman–Crippen MR) is 140 cm³/mol. The Morgan fingerprint density at radius 1 is 1.14 bits per heavy atom. The van der Waals surface area contributed by atoms with Gasteiger partial charge in [0.2, 0.25) is 5.78 Å². The van der Waals surface area contributed by atoms with Gasteiger partial charge in [0.1, 0.15) is 6.29 Å². The average molecular weight is 529 g/mol. The number of aliphatic hydroxyl groups excluding tert-OH is 1. The van der Waals surface area contributed by atoms with E-state index >= 15 is 0 Å². The second-order valence-electron chi connectivity index (χ2n) is 8.15. The first kappa shape index (κ1) is 27.7.